The Labute approximate surface area is 135 Å². The van der Waals surface area contributed by atoms with Crippen LogP contribution in [0.4, 0.5) is 0 Å². The molecular weight excluding hydrogens is 364 g/mol. The van der Waals surface area contributed by atoms with Gasteiger partial charge < -0.3 is 5.32 Å². The molecule has 0 radical (unpaired) electrons. The molecule has 20 heavy (non-hydrogen) atoms. The van der Waals surface area contributed by atoms with Crippen molar-refractivity contribution in [3.63, 3.8) is 0 Å². The summed E-state index contributed by atoms with van der Waals surface area (Å²) in [7, 11) is -3.41. The Balaban J connectivity index is 0.00000200. The molecule has 1 aliphatic rings. The summed E-state index contributed by atoms with van der Waals surface area (Å²) in [5.41, 5.74) is 0.762. The molecule has 0 aromatic heterocycles. The van der Waals surface area contributed by atoms with Crippen LogP contribution in [0.1, 0.15) is 18.4 Å². The van der Waals surface area contributed by atoms with Gasteiger partial charge in [-0.2, -0.15) is 0 Å². The Hall–Kier alpha value is -0.140. The van der Waals surface area contributed by atoms with Crippen molar-refractivity contribution < 1.29 is 8.42 Å². The third-order valence-corrected chi connectivity index (χ3v) is 5.54. The van der Waals surface area contributed by atoms with E-state index < -0.39 is 10.0 Å². The number of hydrogen-bond donors (Lipinski definition) is 2. The van der Waals surface area contributed by atoms with Crippen molar-refractivity contribution in [1.82, 2.24) is 10.0 Å². The van der Waals surface area contributed by atoms with Crippen molar-refractivity contribution in [1.29, 1.82) is 0 Å². The van der Waals surface area contributed by atoms with E-state index >= 15 is 0 Å². The summed E-state index contributed by atoms with van der Waals surface area (Å²) in [4.78, 5) is 0.353. The summed E-state index contributed by atoms with van der Waals surface area (Å²) >= 11 is 3.31. The molecule has 2 N–H and O–H groups in total. The smallest absolute Gasteiger partial charge is 0.240 e. The van der Waals surface area contributed by atoms with E-state index in [1.54, 1.807) is 12.1 Å². The van der Waals surface area contributed by atoms with Crippen molar-refractivity contribution in [2.45, 2.75) is 24.7 Å². The first-order valence-corrected chi connectivity index (χ1v) is 8.73. The van der Waals surface area contributed by atoms with Crippen molar-refractivity contribution in [3.05, 3.63) is 28.2 Å². The van der Waals surface area contributed by atoms with Crippen LogP contribution < -0.4 is 10.0 Å². The maximum atomic E-state index is 12.2. The Kier molecular flexibility index (Phi) is 6.94. The molecule has 1 fully saturated rings. The Morgan fingerprint density at radius 2 is 2.20 bits per heavy atom. The zero-order valence-corrected chi connectivity index (χ0v) is 14.6. The first-order valence-electron chi connectivity index (χ1n) is 6.45. The van der Waals surface area contributed by atoms with Gasteiger partial charge in [-0.25, -0.2) is 13.1 Å². The molecule has 0 amide bonds. The van der Waals surface area contributed by atoms with Crippen LogP contribution in [0.3, 0.4) is 0 Å². The van der Waals surface area contributed by atoms with Crippen LogP contribution in [0.2, 0.25) is 0 Å². The van der Waals surface area contributed by atoms with Gasteiger partial charge in [0.15, 0.2) is 0 Å². The highest BCUT2D eigenvalue weighted by molar-refractivity contribution is 9.10. The molecule has 7 heteroatoms. The number of sulfonamides is 1. The predicted molar refractivity (Wildman–Crippen MR) is 86.9 cm³/mol. The van der Waals surface area contributed by atoms with E-state index in [-0.39, 0.29) is 12.4 Å². The van der Waals surface area contributed by atoms with Gasteiger partial charge >= 0.3 is 0 Å². The quantitative estimate of drug-likeness (QED) is 0.821. The van der Waals surface area contributed by atoms with Gasteiger partial charge in [0.1, 0.15) is 0 Å². The van der Waals surface area contributed by atoms with Crippen LogP contribution in [-0.2, 0) is 10.0 Å². The van der Waals surface area contributed by atoms with Crippen LogP contribution in [0.5, 0.6) is 0 Å². The van der Waals surface area contributed by atoms with E-state index in [4.69, 9.17) is 0 Å². The average Bonchev–Trinajstić information content (AvgIpc) is 2.85. The maximum Gasteiger partial charge on any atom is 0.240 e. The summed E-state index contributed by atoms with van der Waals surface area (Å²) in [6, 6.07) is 5.30. The normalized spacial score (nSPS) is 18.8. The molecule has 0 saturated carbocycles. The molecule has 114 valence electrons. The number of halogens is 2. The Morgan fingerprint density at radius 1 is 1.45 bits per heavy atom. The SMILES string of the molecule is Cc1ccc(Br)cc1S(=O)(=O)NCCC1CCNC1.Cl. The minimum Gasteiger partial charge on any atom is -0.316 e. The topological polar surface area (TPSA) is 58.2 Å². The molecular formula is C13H20BrClN2O2S. The van der Waals surface area contributed by atoms with Crippen LogP contribution >= 0.6 is 28.3 Å². The van der Waals surface area contributed by atoms with Gasteiger partial charge in [0.25, 0.3) is 0 Å². The van der Waals surface area contributed by atoms with Gasteiger partial charge in [0.2, 0.25) is 10.0 Å². The van der Waals surface area contributed by atoms with Crippen LogP contribution in [0.15, 0.2) is 27.6 Å². The molecule has 1 atom stereocenters. The van der Waals surface area contributed by atoms with Gasteiger partial charge in [-0.05, 0) is 56.5 Å². The second kappa shape index (κ2) is 7.75. The fourth-order valence-electron chi connectivity index (χ4n) is 2.30. The minimum atomic E-state index is -3.41. The maximum absolute atomic E-state index is 12.2. The predicted octanol–water partition coefficient (Wildman–Crippen LogP) is 2.46. The number of nitrogens with one attached hydrogen (secondary N) is 2. The minimum absolute atomic E-state index is 0. The largest absolute Gasteiger partial charge is 0.316 e. The highest BCUT2D eigenvalue weighted by Gasteiger charge is 2.19. The van der Waals surface area contributed by atoms with E-state index in [1.807, 2.05) is 13.0 Å². The molecule has 1 aromatic rings. The van der Waals surface area contributed by atoms with E-state index in [9.17, 15) is 8.42 Å². The lowest BCUT2D eigenvalue weighted by Gasteiger charge is -2.12. The van der Waals surface area contributed by atoms with Crippen molar-refractivity contribution in [3.8, 4) is 0 Å². The van der Waals surface area contributed by atoms with E-state index in [0.717, 1.165) is 36.0 Å². The van der Waals surface area contributed by atoms with Gasteiger partial charge in [-0.15, -0.1) is 12.4 Å². The molecule has 2 rings (SSSR count). The third-order valence-electron chi connectivity index (χ3n) is 3.45. The molecule has 1 unspecified atom stereocenters. The second-order valence-electron chi connectivity index (χ2n) is 4.96. The van der Waals surface area contributed by atoms with Gasteiger partial charge in [0.05, 0.1) is 4.90 Å². The third kappa shape index (κ3) is 4.70. The molecule has 1 heterocycles. The van der Waals surface area contributed by atoms with Gasteiger partial charge in [-0.3, -0.25) is 0 Å². The molecule has 0 aliphatic carbocycles. The monoisotopic (exact) mass is 382 g/mol. The summed E-state index contributed by atoms with van der Waals surface area (Å²) in [5, 5.41) is 3.28. The lowest BCUT2D eigenvalue weighted by atomic mass is 10.1. The average molecular weight is 384 g/mol. The molecule has 0 spiro atoms. The summed E-state index contributed by atoms with van der Waals surface area (Å²) in [6.07, 6.45) is 2.02. The fourth-order valence-corrected chi connectivity index (χ4v) is 4.13. The molecule has 1 aliphatic heterocycles. The van der Waals surface area contributed by atoms with Crippen LogP contribution in [0.25, 0.3) is 0 Å². The zero-order chi connectivity index (χ0) is 13.9. The van der Waals surface area contributed by atoms with Crippen molar-refractivity contribution in [2.75, 3.05) is 19.6 Å². The fraction of sp³-hybridized carbons (Fsp3) is 0.538. The molecule has 0 bridgehead atoms. The van der Waals surface area contributed by atoms with E-state index in [1.165, 1.54) is 0 Å². The highest BCUT2D eigenvalue weighted by Crippen LogP contribution is 2.20. The number of aryl methyl sites for hydroxylation is 1. The Bertz CT molecular complexity index is 545. The Morgan fingerprint density at radius 3 is 2.85 bits per heavy atom. The lowest BCUT2D eigenvalue weighted by molar-refractivity contribution is 0.519. The van der Waals surface area contributed by atoms with Gasteiger partial charge in [-0.1, -0.05) is 22.0 Å². The van der Waals surface area contributed by atoms with Crippen molar-refractivity contribution >= 4 is 38.4 Å². The lowest BCUT2D eigenvalue weighted by Crippen LogP contribution is -2.27. The van der Waals surface area contributed by atoms with Gasteiger partial charge in [0, 0.05) is 11.0 Å². The summed E-state index contributed by atoms with van der Waals surface area (Å²) < 4.78 is 27.9. The zero-order valence-electron chi connectivity index (χ0n) is 11.4. The highest BCUT2D eigenvalue weighted by atomic mass is 79.9. The molecule has 1 saturated heterocycles. The first-order chi connectivity index (χ1) is 8.99. The van der Waals surface area contributed by atoms with E-state index in [2.05, 4.69) is 26.0 Å². The number of hydrogen-bond acceptors (Lipinski definition) is 3. The van der Waals surface area contributed by atoms with E-state index in [0.29, 0.717) is 17.4 Å². The number of rotatable bonds is 5. The summed E-state index contributed by atoms with van der Waals surface area (Å²) in [6.45, 7) is 4.35. The standard InChI is InChI=1S/C13H19BrN2O2S.ClH/c1-10-2-3-12(14)8-13(10)19(17,18)16-7-5-11-4-6-15-9-11;/h2-3,8,11,15-16H,4-7,9H2,1H3;1H. The molecule has 1 aromatic carbocycles. The second-order valence-corrected chi connectivity index (χ2v) is 7.61. The first kappa shape index (κ1) is 17.9. The number of benzene rings is 1. The van der Waals surface area contributed by atoms with Crippen LogP contribution in [-0.4, -0.2) is 28.1 Å². The summed E-state index contributed by atoms with van der Waals surface area (Å²) in [5.74, 6) is 0.589. The molecule has 4 nitrogen and oxygen atoms in total. The van der Waals surface area contributed by atoms with Crippen LogP contribution in [0, 0.1) is 12.8 Å². The van der Waals surface area contributed by atoms with Crippen molar-refractivity contribution in [2.24, 2.45) is 5.92 Å².